The largest absolute Gasteiger partial charge is 0.497 e. The number of hydrogen-bond donors (Lipinski definition) is 4. The maximum Gasteiger partial charge on any atom is 0.488 e. The smallest absolute Gasteiger partial charge is 0.488 e. The molecule has 44 heavy (non-hydrogen) atoms. The van der Waals surface area contributed by atoms with Crippen molar-refractivity contribution in [3.05, 3.63) is 99.2 Å². The third kappa shape index (κ3) is 8.48. The average Bonchev–Trinajstić information content (AvgIpc) is 3.03. The lowest BCUT2D eigenvalue weighted by molar-refractivity contribution is 0.0926. The van der Waals surface area contributed by atoms with E-state index >= 15 is 0 Å². The predicted octanol–water partition coefficient (Wildman–Crippen LogP) is 1.95. The normalized spacial score (nSPS) is 10.9. The third-order valence-electron chi connectivity index (χ3n) is 6.10. The summed E-state index contributed by atoms with van der Waals surface area (Å²) in [5.41, 5.74) is 6.21. The molecular weight excluding hydrogens is 565 g/mol. The van der Waals surface area contributed by atoms with Crippen molar-refractivity contribution >= 4 is 47.8 Å². The molecule has 2 amide bonds. The summed E-state index contributed by atoms with van der Waals surface area (Å²) in [4.78, 5) is 41.7. The molecular formula is C31H28BN5O7. The first kappa shape index (κ1) is 31.4. The van der Waals surface area contributed by atoms with E-state index in [9.17, 15) is 24.4 Å². The highest BCUT2D eigenvalue weighted by Gasteiger charge is 2.14. The Bertz CT molecular complexity index is 1860. The standard InChI is InChI=1S/C31H28BN5O7/c1-3-4-5-6-7-20-11-23(19-33-16-20)30(39)36-34-17-21-10-22(13-24(12-21)32(41)42)18-35-37-31(40)29-15-27(38)26-14-25(43-2)8-9-28(26)44-29/h8-19,41-42H,3-5H2,1-2H3,(H,36,39)(H,37,40)/b34-17+,35-18+. The molecule has 2 aromatic carbocycles. The van der Waals surface area contributed by atoms with Gasteiger partial charge in [0, 0.05) is 30.4 Å². The minimum absolute atomic E-state index is 0.113. The van der Waals surface area contributed by atoms with Crippen LogP contribution in [0.1, 0.15) is 63.8 Å². The van der Waals surface area contributed by atoms with E-state index in [4.69, 9.17) is 9.15 Å². The maximum absolute atomic E-state index is 12.6. The number of rotatable bonds is 10. The molecule has 0 radical (unpaired) electrons. The van der Waals surface area contributed by atoms with Gasteiger partial charge in [-0.25, -0.2) is 10.9 Å². The topological polar surface area (TPSA) is 176 Å². The minimum atomic E-state index is -1.81. The fourth-order valence-electron chi connectivity index (χ4n) is 3.89. The Morgan fingerprint density at radius 2 is 1.75 bits per heavy atom. The third-order valence-corrected chi connectivity index (χ3v) is 6.10. The van der Waals surface area contributed by atoms with E-state index in [1.165, 1.54) is 50.0 Å². The molecule has 2 aromatic heterocycles. The van der Waals surface area contributed by atoms with E-state index in [0.29, 0.717) is 22.4 Å². The molecule has 0 aliphatic rings. The quantitative estimate of drug-likeness (QED) is 0.0709. The number of nitrogens with one attached hydrogen (secondary N) is 2. The van der Waals surface area contributed by atoms with E-state index in [1.54, 1.807) is 24.4 Å². The summed E-state index contributed by atoms with van der Waals surface area (Å²) in [5.74, 6) is 4.97. The molecule has 12 nitrogen and oxygen atoms in total. The molecule has 4 N–H and O–H groups in total. The number of carbonyl (C=O) groups excluding carboxylic acids is 2. The molecule has 0 spiro atoms. The van der Waals surface area contributed by atoms with Gasteiger partial charge in [0.15, 0.2) is 11.2 Å². The number of aromatic nitrogens is 1. The first-order chi connectivity index (χ1) is 21.3. The molecule has 0 saturated carbocycles. The van der Waals surface area contributed by atoms with Gasteiger partial charge >= 0.3 is 13.0 Å². The van der Waals surface area contributed by atoms with Gasteiger partial charge in [-0.2, -0.15) is 10.2 Å². The molecule has 4 rings (SSSR count). The number of methoxy groups -OCH3 is 1. The second kappa shape index (κ2) is 15.1. The summed E-state index contributed by atoms with van der Waals surface area (Å²) in [5, 5.41) is 27.5. The predicted molar refractivity (Wildman–Crippen MR) is 166 cm³/mol. The van der Waals surface area contributed by atoms with Crippen LogP contribution in [0.4, 0.5) is 0 Å². The summed E-state index contributed by atoms with van der Waals surface area (Å²) in [6.07, 6.45) is 8.33. The van der Waals surface area contributed by atoms with Crippen LogP contribution in [-0.2, 0) is 0 Å². The molecule has 2 heterocycles. The Balaban J connectivity index is 1.44. The van der Waals surface area contributed by atoms with E-state index in [1.807, 2.05) is 0 Å². The van der Waals surface area contributed by atoms with Crippen LogP contribution in [0.2, 0.25) is 0 Å². The zero-order chi connectivity index (χ0) is 31.5. The van der Waals surface area contributed by atoms with Gasteiger partial charge in [-0.1, -0.05) is 37.3 Å². The highest BCUT2D eigenvalue weighted by atomic mass is 16.5. The van der Waals surface area contributed by atoms with Crippen molar-refractivity contribution in [2.45, 2.75) is 26.2 Å². The van der Waals surface area contributed by atoms with Gasteiger partial charge in [-0.15, -0.1) is 0 Å². The van der Waals surface area contributed by atoms with Crippen molar-refractivity contribution in [3.8, 4) is 17.6 Å². The molecule has 0 aliphatic heterocycles. The van der Waals surface area contributed by atoms with E-state index in [2.05, 4.69) is 44.8 Å². The van der Waals surface area contributed by atoms with Crippen LogP contribution in [0.5, 0.6) is 5.75 Å². The van der Waals surface area contributed by atoms with Crippen molar-refractivity contribution in [2.75, 3.05) is 7.11 Å². The summed E-state index contributed by atoms with van der Waals surface area (Å²) in [6, 6.07) is 11.7. The number of nitrogens with zero attached hydrogens (tertiary/aromatic N) is 3. The summed E-state index contributed by atoms with van der Waals surface area (Å²) >= 11 is 0. The molecule has 0 atom stereocenters. The summed E-state index contributed by atoms with van der Waals surface area (Å²) < 4.78 is 10.6. The SMILES string of the molecule is CCCCC#Cc1cncc(C(=O)N/N=C/c2cc(/C=N/NC(=O)c3cc(=O)c4cc(OC)ccc4o3)cc(B(O)O)c2)c1. The number of unbranched alkanes of at least 4 members (excludes halogenated alkanes) is 2. The second-order valence-electron chi connectivity index (χ2n) is 9.41. The van der Waals surface area contributed by atoms with Crippen LogP contribution >= 0.6 is 0 Å². The monoisotopic (exact) mass is 593 g/mol. The minimum Gasteiger partial charge on any atom is -0.497 e. The Kier molecular flexibility index (Phi) is 10.7. The van der Waals surface area contributed by atoms with E-state index < -0.39 is 24.4 Å². The second-order valence-corrected chi connectivity index (χ2v) is 9.41. The highest BCUT2D eigenvalue weighted by Crippen LogP contribution is 2.19. The number of hydrogen-bond acceptors (Lipinski definition) is 10. The van der Waals surface area contributed by atoms with Crippen LogP contribution in [0.25, 0.3) is 11.0 Å². The number of amides is 2. The molecule has 0 unspecified atom stereocenters. The molecule has 0 fully saturated rings. The number of fused-ring (bicyclic) bond motifs is 1. The molecule has 4 aromatic rings. The lowest BCUT2D eigenvalue weighted by Gasteiger charge is -2.05. The van der Waals surface area contributed by atoms with Crippen molar-refractivity contribution in [3.63, 3.8) is 0 Å². The van der Waals surface area contributed by atoms with Gasteiger partial charge in [0.05, 0.1) is 30.5 Å². The Hall–Kier alpha value is -5.58. The van der Waals surface area contributed by atoms with Gasteiger partial charge in [0.2, 0.25) is 0 Å². The number of ether oxygens (including phenoxy) is 1. The Morgan fingerprint density at radius 3 is 2.43 bits per heavy atom. The average molecular weight is 593 g/mol. The molecule has 13 heteroatoms. The zero-order valence-corrected chi connectivity index (χ0v) is 23.9. The lowest BCUT2D eigenvalue weighted by Crippen LogP contribution is -2.30. The number of benzene rings is 2. The molecule has 0 aliphatic carbocycles. The Morgan fingerprint density at radius 1 is 1.02 bits per heavy atom. The van der Waals surface area contributed by atoms with Crippen LogP contribution in [-0.4, -0.2) is 53.5 Å². The Labute approximate surface area is 252 Å². The first-order valence-electron chi connectivity index (χ1n) is 13.5. The fourth-order valence-corrected chi connectivity index (χ4v) is 3.89. The molecule has 0 bridgehead atoms. The maximum atomic E-state index is 12.6. The molecule has 0 saturated heterocycles. The van der Waals surface area contributed by atoms with Crippen molar-refractivity contribution < 1.29 is 28.8 Å². The summed E-state index contributed by atoms with van der Waals surface area (Å²) in [7, 11) is -0.337. The van der Waals surface area contributed by atoms with Gasteiger partial charge in [0.25, 0.3) is 5.91 Å². The van der Waals surface area contributed by atoms with Crippen LogP contribution in [0, 0.1) is 11.8 Å². The van der Waals surface area contributed by atoms with Gasteiger partial charge in [0.1, 0.15) is 11.3 Å². The zero-order valence-electron chi connectivity index (χ0n) is 23.9. The van der Waals surface area contributed by atoms with Gasteiger partial charge in [-0.3, -0.25) is 19.4 Å². The summed E-state index contributed by atoms with van der Waals surface area (Å²) in [6.45, 7) is 2.08. The lowest BCUT2D eigenvalue weighted by atomic mass is 9.79. The number of carbonyl (C=O) groups is 2. The van der Waals surface area contributed by atoms with Crippen LogP contribution in [0.15, 0.2) is 80.3 Å². The fraction of sp³-hybridized carbons (Fsp3) is 0.161. The van der Waals surface area contributed by atoms with Crippen molar-refractivity contribution in [1.29, 1.82) is 0 Å². The van der Waals surface area contributed by atoms with Crippen molar-refractivity contribution in [2.24, 2.45) is 10.2 Å². The van der Waals surface area contributed by atoms with Gasteiger partial charge < -0.3 is 19.2 Å². The number of hydrazone groups is 2. The van der Waals surface area contributed by atoms with Gasteiger partial charge in [-0.05, 0) is 53.3 Å². The highest BCUT2D eigenvalue weighted by molar-refractivity contribution is 6.58. The molecule has 222 valence electrons. The van der Waals surface area contributed by atoms with E-state index in [-0.39, 0.29) is 27.8 Å². The van der Waals surface area contributed by atoms with E-state index in [0.717, 1.165) is 25.3 Å². The first-order valence-corrected chi connectivity index (χ1v) is 13.5. The number of pyridine rings is 1. The van der Waals surface area contributed by atoms with Crippen LogP contribution in [0.3, 0.4) is 0 Å². The van der Waals surface area contributed by atoms with Crippen LogP contribution < -0.4 is 26.5 Å². The van der Waals surface area contributed by atoms with Crippen molar-refractivity contribution in [1.82, 2.24) is 15.8 Å².